The minimum Gasteiger partial charge on any atom is -0.405 e. The smallest absolute Gasteiger partial charge is 0.405 e. The van der Waals surface area contributed by atoms with Crippen molar-refractivity contribution < 1.29 is 31.8 Å². The van der Waals surface area contributed by atoms with Gasteiger partial charge in [0.2, 0.25) is 0 Å². The summed E-state index contributed by atoms with van der Waals surface area (Å²) in [4.78, 5) is 3.47. The molecule has 0 saturated heterocycles. The van der Waals surface area contributed by atoms with Gasteiger partial charge in [-0.2, -0.15) is 0 Å². The van der Waals surface area contributed by atoms with Crippen molar-refractivity contribution in [1.29, 1.82) is 0 Å². The van der Waals surface area contributed by atoms with E-state index in [0.29, 0.717) is 0 Å². The van der Waals surface area contributed by atoms with Crippen LogP contribution in [0.2, 0.25) is 0 Å². The number of nitrogens with zero attached hydrogens (tertiary/aromatic N) is 1. The Kier molecular flexibility index (Phi) is 4.85. The minimum absolute atomic E-state index is 0.142. The highest BCUT2D eigenvalue weighted by molar-refractivity contribution is 9.08. The Morgan fingerprint density at radius 2 is 2.00 bits per heavy atom. The van der Waals surface area contributed by atoms with E-state index < -0.39 is 36.4 Å². The zero-order chi connectivity index (χ0) is 13.9. The molecule has 0 bridgehead atoms. The Labute approximate surface area is 107 Å². The van der Waals surface area contributed by atoms with E-state index in [0.717, 1.165) is 6.20 Å². The van der Waals surface area contributed by atoms with Gasteiger partial charge < -0.3 is 9.84 Å². The van der Waals surface area contributed by atoms with Crippen molar-refractivity contribution in [3.8, 4) is 5.75 Å². The van der Waals surface area contributed by atoms with E-state index in [1.54, 1.807) is 0 Å². The first kappa shape index (κ1) is 15.1. The fraction of sp³-hybridized carbons (Fsp3) is 0.444. The molecule has 1 aromatic heterocycles. The Hall–Kier alpha value is -0.960. The van der Waals surface area contributed by atoms with Crippen LogP contribution in [-0.2, 0) is 11.9 Å². The molecule has 0 aromatic carbocycles. The second-order valence-electron chi connectivity index (χ2n) is 3.11. The largest absolute Gasteiger partial charge is 0.573 e. The zero-order valence-corrected chi connectivity index (χ0v) is 10.2. The van der Waals surface area contributed by atoms with Gasteiger partial charge in [-0.15, -0.1) is 13.2 Å². The molecule has 0 aliphatic heterocycles. The third-order valence-corrected chi connectivity index (χ3v) is 2.56. The number of ether oxygens (including phenoxy) is 1. The first-order valence-corrected chi connectivity index (χ1v) is 5.63. The summed E-state index contributed by atoms with van der Waals surface area (Å²) in [5, 5.41) is 8.67. The third-order valence-electron chi connectivity index (χ3n) is 1.95. The average molecular weight is 336 g/mol. The van der Waals surface area contributed by atoms with Crippen LogP contribution >= 0.6 is 15.9 Å². The molecule has 0 aliphatic carbocycles. The molecule has 1 N–H and O–H groups in total. The van der Waals surface area contributed by atoms with Crippen molar-refractivity contribution in [1.82, 2.24) is 4.98 Å². The van der Waals surface area contributed by atoms with Crippen molar-refractivity contribution in [3.63, 3.8) is 0 Å². The Morgan fingerprint density at radius 3 is 2.39 bits per heavy atom. The molecular weight excluding hydrogens is 329 g/mol. The van der Waals surface area contributed by atoms with Gasteiger partial charge in [-0.25, -0.2) is 8.78 Å². The predicted octanol–water partition coefficient (Wildman–Crippen LogP) is 3.31. The molecule has 0 atom stereocenters. The lowest BCUT2D eigenvalue weighted by Gasteiger charge is -2.17. The normalized spacial score (nSPS) is 12.0. The van der Waals surface area contributed by atoms with Crippen molar-refractivity contribution in [3.05, 3.63) is 23.0 Å². The first-order chi connectivity index (χ1) is 8.30. The molecule has 0 radical (unpaired) electrons. The Balaban J connectivity index is 3.40. The van der Waals surface area contributed by atoms with Crippen molar-refractivity contribution >= 4 is 15.9 Å². The zero-order valence-electron chi connectivity index (χ0n) is 8.64. The molecule has 102 valence electrons. The molecule has 1 rings (SSSR count). The number of halogens is 6. The maximum absolute atomic E-state index is 12.8. The Morgan fingerprint density at radius 1 is 1.39 bits per heavy atom. The second-order valence-corrected chi connectivity index (χ2v) is 3.67. The molecule has 18 heavy (non-hydrogen) atoms. The molecular formula is C9H7BrF5NO2. The predicted molar refractivity (Wildman–Crippen MR) is 54.4 cm³/mol. The fourth-order valence-corrected chi connectivity index (χ4v) is 1.67. The van der Waals surface area contributed by atoms with E-state index in [-0.39, 0.29) is 10.9 Å². The number of hydrogen-bond donors (Lipinski definition) is 1. The summed E-state index contributed by atoms with van der Waals surface area (Å²) in [5.74, 6) is -1.02. The molecule has 0 saturated carbocycles. The summed E-state index contributed by atoms with van der Waals surface area (Å²) in [6, 6.07) is 0. The summed E-state index contributed by atoms with van der Waals surface area (Å²) in [6.45, 7) is -0.906. The minimum atomic E-state index is -5.10. The van der Waals surface area contributed by atoms with Gasteiger partial charge in [-0.3, -0.25) is 4.98 Å². The second kappa shape index (κ2) is 5.79. The quantitative estimate of drug-likeness (QED) is 0.678. The maximum Gasteiger partial charge on any atom is 0.573 e. The third kappa shape index (κ3) is 3.52. The summed E-state index contributed by atoms with van der Waals surface area (Å²) in [6.07, 6.45) is -7.40. The summed E-state index contributed by atoms with van der Waals surface area (Å²) >= 11 is 2.85. The van der Waals surface area contributed by atoms with Crippen molar-refractivity contribution in [2.24, 2.45) is 0 Å². The van der Waals surface area contributed by atoms with Crippen LogP contribution in [0.5, 0.6) is 5.75 Å². The van der Waals surface area contributed by atoms with Crippen LogP contribution in [0.25, 0.3) is 0 Å². The van der Waals surface area contributed by atoms with E-state index in [9.17, 15) is 22.0 Å². The molecule has 1 aromatic rings. The number of alkyl halides is 6. The maximum atomic E-state index is 12.8. The topological polar surface area (TPSA) is 42.4 Å². The van der Waals surface area contributed by atoms with E-state index in [4.69, 9.17) is 5.11 Å². The number of aliphatic hydroxyl groups excluding tert-OH is 1. The first-order valence-electron chi connectivity index (χ1n) is 4.51. The van der Waals surface area contributed by atoms with E-state index >= 15 is 0 Å². The average Bonchev–Trinajstić information content (AvgIpc) is 2.25. The van der Waals surface area contributed by atoms with Crippen LogP contribution in [0.3, 0.4) is 0 Å². The molecule has 1 heterocycles. The highest BCUT2D eigenvalue weighted by Gasteiger charge is 2.35. The van der Waals surface area contributed by atoms with Crippen LogP contribution in [0.15, 0.2) is 6.20 Å². The van der Waals surface area contributed by atoms with Crippen LogP contribution < -0.4 is 4.74 Å². The lowest BCUT2D eigenvalue weighted by atomic mass is 10.1. The highest BCUT2D eigenvalue weighted by atomic mass is 79.9. The summed E-state index contributed by atoms with van der Waals surface area (Å²) < 4.78 is 65.6. The number of hydrogen-bond acceptors (Lipinski definition) is 3. The van der Waals surface area contributed by atoms with Gasteiger partial charge in [-0.1, -0.05) is 15.9 Å². The number of aromatic nitrogens is 1. The van der Waals surface area contributed by atoms with E-state index in [2.05, 4.69) is 25.7 Å². The fourth-order valence-electron chi connectivity index (χ4n) is 1.27. The number of rotatable bonds is 4. The van der Waals surface area contributed by atoms with Gasteiger partial charge >= 0.3 is 6.36 Å². The van der Waals surface area contributed by atoms with Crippen LogP contribution in [0.1, 0.15) is 23.2 Å². The van der Waals surface area contributed by atoms with Gasteiger partial charge in [0.25, 0.3) is 6.43 Å². The van der Waals surface area contributed by atoms with Gasteiger partial charge in [-0.05, 0) is 0 Å². The molecule has 0 fully saturated rings. The van der Waals surface area contributed by atoms with E-state index in [1.807, 2.05) is 0 Å². The molecule has 0 spiro atoms. The molecule has 0 amide bonds. The van der Waals surface area contributed by atoms with Gasteiger partial charge in [0.1, 0.15) is 5.75 Å². The van der Waals surface area contributed by atoms with Gasteiger partial charge in [0.05, 0.1) is 17.9 Å². The Bertz CT molecular complexity index is 424. The van der Waals surface area contributed by atoms with Crippen molar-refractivity contribution in [2.45, 2.75) is 24.7 Å². The number of aliphatic hydroxyl groups is 1. The SMILES string of the molecule is OCc1ncc(CBr)c(OC(F)(F)F)c1C(F)F. The lowest BCUT2D eigenvalue weighted by molar-refractivity contribution is -0.275. The standard InChI is InChI=1S/C9H7BrF5NO2/c10-1-4-2-16-5(3-17)6(8(11)12)7(4)18-9(13,14)15/h2,8,17H,1,3H2. The number of pyridine rings is 1. The van der Waals surface area contributed by atoms with Crippen LogP contribution in [0.4, 0.5) is 22.0 Å². The summed E-state index contributed by atoms with van der Waals surface area (Å²) in [7, 11) is 0. The molecule has 0 aliphatic rings. The van der Waals surface area contributed by atoms with E-state index in [1.165, 1.54) is 0 Å². The molecule has 0 unspecified atom stereocenters. The van der Waals surface area contributed by atoms with Gasteiger partial charge in [0.15, 0.2) is 0 Å². The summed E-state index contributed by atoms with van der Waals surface area (Å²) in [5.41, 5.74) is -1.78. The van der Waals surface area contributed by atoms with Crippen LogP contribution in [0, 0.1) is 0 Å². The van der Waals surface area contributed by atoms with Crippen LogP contribution in [-0.4, -0.2) is 16.5 Å². The lowest BCUT2D eigenvalue weighted by Crippen LogP contribution is -2.20. The highest BCUT2D eigenvalue weighted by Crippen LogP contribution is 2.38. The molecule has 3 nitrogen and oxygen atoms in total. The monoisotopic (exact) mass is 335 g/mol. The van der Waals surface area contributed by atoms with Crippen molar-refractivity contribution in [2.75, 3.05) is 0 Å². The van der Waals surface area contributed by atoms with Gasteiger partial charge in [0, 0.05) is 17.1 Å². The molecule has 9 heteroatoms.